The third-order valence-electron chi connectivity index (χ3n) is 5.65. The number of hydrogen-bond acceptors (Lipinski definition) is 7. The molecule has 9 heteroatoms. The molecule has 1 aromatic heterocycles. The molecule has 4 N–H and O–H groups in total. The largest absolute Gasteiger partial charge is 0.352 e. The van der Waals surface area contributed by atoms with Gasteiger partial charge < -0.3 is 21.3 Å². The Morgan fingerprint density at radius 2 is 1.54 bits per heavy atom. The fraction of sp³-hybridized carbons (Fsp3) is 0.269. The number of anilines is 4. The van der Waals surface area contributed by atoms with E-state index in [9.17, 15) is 14.4 Å². The highest BCUT2D eigenvalue weighted by atomic mass is 16.2. The van der Waals surface area contributed by atoms with Gasteiger partial charge in [0.1, 0.15) is 18.0 Å². The van der Waals surface area contributed by atoms with Crippen LogP contribution < -0.4 is 21.3 Å². The summed E-state index contributed by atoms with van der Waals surface area (Å²) in [6, 6.07) is 15.7. The fourth-order valence-electron chi connectivity index (χ4n) is 3.81. The molecule has 1 atom stereocenters. The summed E-state index contributed by atoms with van der Waals surface area (Å²) in [6.45, 7) is 4.07. The lowest BCUT2D eigenvalue weighted by molar-refractivity contribution is -0.126. The number of benzene rings is 2. The SMILES string of the molecule is CC(C)C1NC(=O)c2cccc(c2)Nc2cc(ncn2)Nc2cccc(c2)CNC(=O)CCC1=O. The van der Waals surface area contributed by atoms with Gasteiger partial charge in [0.2, 0.25) is 5.91 Å². The third-order valence-corrected chi connectivity index (χ3v) is 5.65. The van der Waals surface area contributed by atoms with E-state index >= 15 is 0 Å². The number of amides is 2. The number of rotatable bonds is 1. The summed E-state index contributed by atoms with van der Waals surface area (Å²) >= 11 is 0. The summed E-state index contributed by atoms with van der Waals surface area (Å²) in [6.07, 6.45) is 1.54. The molecule has 2 amide bonds. The maximum atomic E-state index is 12.9. The molecule has 1 unspecified atom stereocenters. The molecule has 0 spiro atoms. The zero-order chi connectivity index (χ0) is 24.8. The number of Topliss-reactive ketones (excluding diaryl/α,β-unsaturated/α-hetero) is 1. The molecule has 1 aliphatic rings. The van der Waals surface area contributed by atoms with Gasteiger partial charge in [-0.2, -0.15) is 0 Å². The van der Waals surface area contributed by atoms with E-state index in [4.69, 9.17) is 0 Å². The molecule has 4 rings (SSSR count). The zero-order valence-electron chi connectivity index (χ0n) is 19.7. The normalized spacial score (nSPS) is 17.0. The lowest BCUT2D eigenvalue weighted by Crippen LogP contribution is -2.44. The van der Waals surface area contributed by atoms with Crippen molar-refractivity contribution in [2.75, 3.05) is 10.6 Å². The van der Waals surface area contributed by atoms with E-state index in [0.717, 1.165) is 11.3 Å². The number of fused-ring (bicyclic) bond motifs is 6. The minimum atomic E-state index is -0.690. The molecule has 2 aromatic carbocycles. The number of carbonyl (C=O) groups excluding carboxylic acids is 3. The minimum Gasteiger partial charge on any atom is -0.352 e. The fourth-order valence-corrected chi connectivity index (χ4v) is 3.81. The average Bonchev–Trinajstić information content (AvgIpc) is 2.84. The maximum absolute atomic E-state index is 12.9. The molecule has 1 aliphatic heterocycles. The summed E-state index contributed by atoms with van der Waals surface area (Å²) < 4.78 is 0. The molecule has 6 bridgehead atoms. The molecule has 35 heavy (non-hydrogen) atoms. The summed E-state index contributed by atoms with van der Waals surface area (Å²) in [5.41, 5.74) is 2.79. The highest BCUT2D eigenvalue weighted by Crippen LogP contribution is 2.21. The average molecular weight is 473 g/mol. The monoisotopic (exact) mass is 472 g/mol. The Bertz CT molecular complexity index is 1240. The maximum Gasteiger partial charge on any atom is 0.251 e. The zero-order valence-corrected chi connectivity index (χ0v) is 19.7. The van der Waals surface area contributed by atoms with Crippen LogP contribution in [0.4, 0.5) is 23.0 Å². The van der Waals surface area contributed by atoms with Crippen molar-refractivity contribution in [2.45, 2.75) is 39.3 Å². The van der Waals surface area contributed by atoms with Crippen molar-refractivity contribution < 1.29 is 14.4 Å². The van der Waals surface area contributed by atoms with Crippen molar-refractivity contribution in [1.82, 2.24) is 20.6 Å². The molecule has 0 radical (unpaired) electrons. The van der Waals surface area contributed by atoms with Gasteiger partial charge in [0, 0.05) is 42.4 Å². The number of carbonyl (C=O) groups is 3. The van der Waals surface area contributed by atoms with Crippen LogP contribution in [0.3, 0.4) is 0 Å². The summed E-state index contributed by atoms with van der Waals surface area (Å²) in [7, 11) is 0. The van der Waals surface area contributed by atoms with Gasteiger partial charge in [-0.15, -0.1) is 0 Å². The molecule has 9 nitrogen and oxygen atoms in total. The van der Waals surface area contributed by atoms with E-state index < -0.39 is 6.04 Å². The van der Waals surface area contributed by atoms with Crippen molar-refractivity contribution in [3.05, 3.63) is 72.1 Å². The Kier molecular flexibility index (Phi) is 7.35. The first-order chi connectivity index (χ1) is 16.9. The standard InChI is InChI=1S/C26H28N6O3/c1-16(2)25-21(33)9-10-24(34)27-14-17-5-3-7-19(11-17)30-22-13-23(29-15-28-22)31-20-8-4-6-18(12-20)26(35)32-25/h3-8,11-13,15-16,25H,9-10,14H2,1-2H3,(H,27,34)(H,32,35)(H2,28,29,30,31). The lowest BCUT2D eigenvalue weighted by atomic mass is 9.96. The van der Waals surface area contributed by atoms with Crippen LogP contribution in [0.15, 0.2) is 60.9 Å². The van der Waals surface area contributed by atoms with Crippen LogP contribution >= 0.6 is 0 Å². The van der Waals surface area contributed by atoms with Crippen molar-refractivity contribution in [3.63, 3.8) is 0 Å². The van der Waals surface area contributed by atoms with E-state index in [1.165, 1.54) is 6.33 Å². The Hall–Kier alpha value is -4.27. The first-order valence-electron chi connectivity index (χ1n) is 11.5. The van der Waals surface area contributed by atoms with Crippen LogP contribution in [0.2, 0.25) is 0 Å². The second-order valence-electron chi connectivity index (χ2n) is 8.76. The Morgan fingerprint density at radius 3 is 2.26 bits per heavy atom. The molecular weight excluding hydrogens is 444 g/mol. The van der Waals surface area contributed by atoms with Crippen LogP contribution in [-0.4, -0.2) is 33.6 Å². The number of hydrogen-bond donors (Lipinski definition) is 4. The first-order valence-corrected chi connectivity index (χ1v) is 11.5. The van der Waals surface area contributed by atoms with Gasteiger partial charge in [-0.3, -0.25) is 14.4 Å². The molecule has 2 heterocycles. The number of nitrogens with one attached hydrogen (secondary N) is 4. The first kappa shape index (κ1) is 23.9. The van der Waals surface area contributed by atoms with Crippen molar-refractivity contribution >= 4 is 40.6 Å². The Morgan fingerprint density at radius 1 is 0.857 bits per heavy atom. The van der Waals surface area contributed by atoms with Crippen LogP contribution in [0.1, 0.15) is 42.6 Å². The molecule has 0 aliphatic carbocycles. The van der Waals surface area contributed by atoms with Crippen molar-refractivity contribution in [3.8, 4) is 0 Å². The molecule has 0 fully saturated rings. The van der Waals surface area contributed by atoms with Crippen LogP contribution in [-0.2, 0) is 16.1 Å². The van der Waals surface area contributed by atoms with Crippen LogP contribution in [0.25, 0.3) is 0 Å². The van der Waals surface area contributed by atoms with Gasteiger partial charge in [-0.25, -0.2) is 9.97 Å². The lowest BCUT2D eigenvalue weighted by Gasteiger charge is -2.21. The van der Waals surface area contributed by atoms with Gasteiger partial charge >= 0.3 is 0 Å². The molecular formula is C26H28N6O3. The van der Waals surface area contributed by atoms with E-state index in [0.29, 0.717) is 29.4 Å². The quantitative estimate of drug-likeness (QED) is 0.426. The summed E-state index contributed by atoms with van der Waals surface area (Å²) in [5, 5.41) is 12.1. The van der Waals surface area contributed by atoms with Gasteiger partial charge in [0.15, 0.2) is 5.78 Å². The van der Waals surface area contributed by atoms with Gasteiger partial charge in [0.05, 0.1) is 6.04 Å². The summed E-state index contributed by atoms with van der Waals surface area (Å²) in [5.74, 6) is 0.260. The summed E-state index contributed by atoms with van der Waals surface area (Å²) in [4.78, 5) is 46.7. The van der Waals surface area contributed by atoms with Crippen LogP contribution in [0.5, 0.6) is 0 Å². The Balaban J connectivity index is 1.65. The highest BCUT2D eigenvalue weighted by Gasteiger charge is 2.25. The van der Waals surface area contributed by atoms with E-state index in [2.05, 4.69) is 31.2 Å². The number of nitrogens with zero attached hydrogens (tertiary/aromatic N) is 2. The number of aromatic nitrogens is 2. The van der Waals surface area contributed by atoms with Crippen molar-refractivity contribution in [2.24, 2.45) is 5.92 Å². The van der Waals surface area contributed by atoms with Gasteiger partial charge in [0.25, 0.3) is 5.91 Å². The molecule has 0 saturated heterocycles. The van der Waals surface area contributed by atoms with Gasteiger partial charge in [-0.05, 0) is 41.8 Å². The molecule has 0 saturated carbocycles. The van der Waals surface area contributed by atoms with E-state index in [-0.39, 0.29) is 36.4 Å². The van der Waals surface area contributed by atoms with Crippen molar-refractivity contribution in [1.29, 1.82) is 0 Å². The second-order valence-corrected chi connectivity index (χ2v) is 8.76. The highest BCUT2D eigenvalue weighted by molar-refractivity contribution is 5.99. The predicted molar refractivity (Wildman–Crippen MR) is 134 cm³/mol. The predicted octanol–water partition coefficient (Wildman–Crippen LogP) is 3.70. The third kappa shape index (κ3) is 6.41. The molecule has 3 aromatic rings. The Labute approximate surface area is 203 Å². The van der Waals surface area contributed by atoms with E-state index in [1.54, 1.807) is 24.3 Å². The smallest absolute Gasteiger partial charge is 0.251 e. The second kappa shape index (κ2) is 10.8. The van der Waals surface area contributed by atoms with E-state index in [1.807, 2.05) is 44.2 Å². The topological polar surface area (TPSA) is 125 Å². The number of ketones is 1. The van der Waals surface area contributed by atoms with Gasteiger partial charge in [-0.1, -0.05) is 32.0 Å². The minimum absolute atomic E-state index is 0.0458. The molecule has 180 valence electrons. The van der Waals surface area contributed by atoms with Crippen LogP contribution in [0, 0.1) is 5.92 Å².